The van der Waals surface area contributed by atoms with Crippen LogP contribution in [0.15, 0.2) is 18.2 Å². The summed E-state index contributed by atoms with van der Waals surface area (Å²) in [7, 11) is 1.56. The largest absolute Gasteiger partial charge is 0.481 e. The first-order chi connectivity index (χ1) is 14.1. The van der Waals surface area contributed by atoms with E-state index in [1.165, 1.54) is 17.0 Å². The zero-order chi connectivity index (χ0) is 22.1. The van der Waals surface area contributed by atoms with E-state index in [4.69, 9.17) is 14.2 Å². The number of imide groups is 1. The number of carbonyl (C=O) groups is 4. The molecule has 1 fully saturated rings. The molecule has 0 aromatic heterocycles. The Balaban J connectivity index is 1.83. The van der Waals surface area contributed by atoms with Crippen molar-refractivity contribution in [1.82, 2.24) is 9.80 Å². The van der Waals surface area contributed by atoms with E-state index in [-0.39, 0.29) is 29.5 Å². The maximum absolute atomic E-state index is 13.2. The van der Waals surface area contributed by atoms with E-state index in [0.29, 0.717) is 19.4 Å². The van der Waals surface area contributed by atoms with Gasteiger partial charge in [0.1, 0.15) is 24.1 Å². The smallest absolute Gasteiger partial charge is 0.344 e. The van der Waals surface area contributed by atoms with Gasteiger partial charge in [-0.2, -0.15) is 0 Å². The molecule has 3 rings (SSSR count). The number of fused-ring (bicyclic) bond motifs is 1. The first-order valence-corrected chi connectivity index (χ1v) is 9.78. The van der Waals surface area contributed by atoms with Crippen molar-refractivity contribution in [2.24, 2.45) is 0 Å². The SMILES string of the molecule is CN1COCCCC(N2C(=O)c3cccc(OCC(=O)OC(C)(C)C)c3C2=O)C1=O. The first kappa shape index (κ1) is 21.8. The third kappa shape index (κ3) is 4.46. The third-order valence-corrected chi connectivity index (χ3v) is 4.70. The maximum atomic E-state index is 13.2. The number of benzene rings is 1. The molecule has 0 spiro atoms. The van der Waals surface area contributed by atoms with Gasteiger partial charge in [0.25, 0.3) is 11.8 Å². The molecule has 2 heterocycles. The van der Waals surface area contributed by atoms with Crippen LogP contribution >= 0.6 is 0 Å². The van der Waals surface area contributed by atoms with Gasteiger partial charge in [-0.25, -0.2) is 4.79 Å². The highest BCUT2D eigenvalue weighted by Crippen LogP contribution is 2.33. The lowest BCUT2D eigenvalue weighted by molar-refractivity contribution is -0.157. The predicted molar refractivity (Wildman–Crippen MR) is 105 cm³/mol. The lowest BCUT2D eigenvalue weighted by Crippen LogP contribution is -2.51. The molecule has 3 amide bonds. The molecule has 0 N–H and O–H groups in total. The van der Waals surface area contributed by atoms with E-state index in [0.717, 1.165) is 4.90 Å². The number of rotatable bonds is 4. The molecule has 0 aliphatic carbocycles. The highest BCUT2D eigenvalue weighted by atomic mass is 16.6. The Labute approximate surface area is 174 Å². The molecule has 9 nitrogen and oxygen atoms in total. The molecule has 162 valence electrons. The summed E-state index contributed by atoms with van der Waals surface area (Å²) in [6.45, 7) is 5.33. The Morgan fingerprint density at radius 3 is 2.63 bits per heavy atom. The number of nitrogens with zero attached hydrogens (tertiary/aromatic N) is 2. The predicted octanol–water partition coefficient (Wildman–Crippen LogP) is 1.60. The minimum absolute atomic E-state index is 0.0554. The zero-order valence-corrected chi connectivity index (χ0v) is 17.6. The number of carbonyl (C=O) groups excluding carboxylic acids is 4. The van der Waals surface area contributed by atoms with Crippen LogP contribution in [0.4, 0.5) is 0 Å². The number of amides is 3. The van der Waals surface area contributed by atoms with Gasteiger partial charge in [-0.05, 0) is 45.7 Å². The van der Waals surface area contributed by atoms with Gasteiger partial charge >= 0.3 is 5.97 Å². The average Bonchev–Trinajstić information content (AvgIpc) is 2.91. The van der Waals surface area contributed by atoms with Crippen LogP contribution < -0.4 is 4.74 Å². The molecule has 1 aromatic carbocycles. The number of likely N-dealkylation sites (N-methyl/N-ethyl adjacent to an activating group) is 1. The Morgan fingerprint density at radius 1 is 1.20 bits per heavy atom. The average molecular weight is 418 g/mol. The fourth-order valence-corrected chi connectivity index (χ4v) is 3.44. The summed E-state index contributed by atoms with van der Waals surface area (Å²) in [6.07, 6.45) is 0.850. The molecular weight excluding hydrogens is 392 g/mol. The lowest BCUT2D eigenvalue weighted by atomic mass is 10.1. The molecular formula is C21H26N2O7. The monoisotopic (exact) mass is 418 g/mol. The normalized spacial score (nSPS) is 20.0. The second kappa shape index (κ2) is 8.43. The Kier molecular flexibility index (Phi) is 6.12. The number of ether oxygens (including phenoxy) is 3. The van der Waals surface area contributed by atoms with Gasteiger partial charge < -0.3 is 19.1 Å². The summed E-state index contributed by atoms with van der Waals surface area (Å²) in [5.74, 6) is -2.01. The van der Waals surface area contributed by atoms with Crippen LogP contribution in [0.2, 0.25) is 0 Å². The minimum atomic E-state index is -0.912. The Morgan fingerprint density at radius 2 is 1.93 bits per heavy atom. The van der Waals surface area contributed by atoms with Gasteiger partial charge in [-0.3, -0.25) is 19.3 Å². The Bertz CT molecular complexity index is 875. The molecule has 1 saturated heterocycles. The summed E-state index contributed by atoms with van der Waals surface area (Å²) in [4.78, 5) is 53.2. The molecule has 30 heavy (non-hydrogen) atoms. The highest BCUT2D eigenvalue weighted by Gasteiger charge is 2.45. The maximum Gasteiger partial charge on any atom is 0.344 e. The third-order valence-electron chi connectivity index (χ3n) is 4.70. The van der Waals surface area contributed by atoms with E-state index < -0.39 is 36.0 Å². The van der Waals surface area contributed by atoms with Crippen molar-refractivity contribution in [3.05, 3.63) is 29.3 Å². The van der Waals surface area contributed by atoms with Crippen LogP contribution in [0.3, 0.4) is 0 Å². The van der Waals surface area contributed by atoms with Crippen LogP contribution in [-0.4, -0.2) is 72.1 Å². The van der Waals surface area contributed by atoms with Gasteiger partial charge in [0.05, 0.1) is 11.1 Å². The molecule has 2 aliphatic rings. The van der Waals surface area contributed by atoms with Crippen LogP contribution in [0.1, 0.15) is 54.3 Å². The van der Waals surface area contributed by atoms with Crippen molar-refractivity contribution in [2.45, 2.75) is 45.3 Å². The van der Waals surface area contributed by atoms with E-state index in [1.807, 2.05) is 0 Å². The Hall–Kier alpha value is -2.94. The molecule has 0 radical (unpaired) electrons. The first-order valence-electron chi connectivity index (χ1n) is 9.78. The van der Waals surface area contributed by atoms with Crippen molar-refractivity contribution in [3.8, 4) is 5.75 Å². The topological polar surface area (TPSA) is 102 Å². The van der Waals surface area contributed by atoms with Crippen molar-refractivity contribution < 1.29 is 33.4 Å². The fraction of sp³-hybridized carbons (Fsp3) is 0.524. The van der Waals surface area contributed by atoms with Gasteiger partial charge in [0, 0.05) is 13.7 Å². The van der Waals surface area contributed by atoms with Crippen molar-refractivity contribution in [1.29, 1.82) is 0 Å². The van der Waals surface area contributed by atoms with Crippen LogP contribution in [0.5, 0.6) is 5.75 Å². The quantitative estimate of drug-likeness (QED) is 0.540. The van der Waals surface area contributed by atoms with E-state index >= 15 is 0 Å². The molecule has 1 aromatic rings. The van der Waals surface area contributed by atoms with Crippen molar-refractivity contribution >= 4 is 23.7 Å². The number of esters is 1. The van der Waals surface area contributed by atoms with Gasteiger partial charge in [0.2, 0.25) is 5.91 Å². The minimum Gasteiger partial charge on any atom is -0.481 e. The van der Waals surface area contributed by atoms with E-state index in [9.17, 15) is 19.2 Å². The summed E-state index contributed by atoms with van der Waals surface area (Å²) in [5, 5.41) is 0. The van der Waals surface area contributed by atoms with Gasteiger partial charge in [-0.1, -0.05) is 6.07 Å². The second-order valence-electron chi connectivity index (χ2n) is 8.27. The van der Waals surface area contributed by atoms with Crippen LogP contribution in [0, 0.1) is 0 Å². The standard InChI is InChI=1S/C21H26N2O7/c1-21(2,3)30-16(24)11-29-15-9-5-7-13-17(15)20(27)23(18(13)25)14-8-6-10-28-12-22(4)19(14)26/h5,7,9,14H,6,8,10-12H2,1-4H3. The van der Waals surface area contributed by atoms with Crippen molar-refractivity contribution in [3.63, 3.8) is 0 Å². The lowest BCUT2D eigenvalue weighted by Gasteiger charge is -2.31. The molecule has 2 aliphatic heterocycles. The highest BCUT2D eigenvalue weighted by molar-refractivity contribution is 6.24. The molecule has 0 saturated carbocycles. The molecule has 1 unspecified atom stereocenters. The van der Waals surface area contributed by atoms with E-state index in [1.54, 1.807) is 33.9 Å². The zero-order valence-electron chi connectivity index (χ0n) is 17.6. The fourth-order valence-electron chi connectivity index (χ4n) is 3.44. The van der Waals surface area contributed by atoms with Gasteiger partial charge in [-0.15, -0.1) is 0 Å². The summed E-state index contributed by atoms with van der Waals surface area (Å²) in [6, 6.07) is 3.68. The summed E-state index contributed by atoms with van der Waals surface area (Å²) >= 11 is 0. The second-order valence-corrected chi connectivity index (χ2v) is 8.27. The molecule has 0 bridgehead atoms. The van der Waals surface area contributed by atoms with Crippen LogP contribution in [-0.2, 0) is 19.1 Å². The molecule has 9 heteroatoms. The summed E-state index contributed by atoms with van der Waals surface area (Å²) < 4.78 is 16.1. The summed E-state index contributed by atoms with van der Waals surface area (Å²) in [5.41, 5.74) is -0.467. The number of hydrogen-bond donors (Lipinski definition) is 0. The number of hydrogen-bond acceptors (Lipinski definition) is 7. The van der Waals surface area contributed by atoms with Crippen LogP contribution in [0.25, 0.3) is 0 Å². The van der Waals surface area contributed by atoms with E-state index in [2.05, 4.69) is 0 Å². The van der Waals surface area contributed by atoms with Crippen molar-refractivity contribution in [2.75, 3.05) is 27.0 Å². The van der Waals surface area contributed by atoms with Gasteiger partial charge in [0.15, 0.2) is 6.61 Å². The molecule has 1 atom stereocenters.